The average molecular weight is 240 g/mol. The molecule has 4 heteroatoms. The molecule has 1 aliphatic rings. The van der Waals surface area contributed by atoms with Crippen molar-refractivity contribution in [2.24, 2.45) is 5.92 Å². The van der Waals surface area contributed by atoms with Crippen LogP contribution in [0.3, 0.4) is 0 Å². The summed E-state index contributed by atoms with van der Waals surface area (Å²) in [6, 6.07) is 0.577. The predicted octanol–water partition coefficient (Wildman–Crippen LogP) is 2.57. The molecule has 1 N–H and O–H groups in total. The molecule has 1 fully saturated rings. The minimum atomic E-state index is 0.112. The monoisotopic (exact) mass is 240 g/mol. The summed E-state index contributed by atoms with van der Waals surface area (Å²) in [4.78, 5) is 7.97. The fourth-order valence-electron chi connectivity index (χ4n) is 2.24. The van der Waals surface area contributed by atoms with Gasteiger partial charge >= 0.3 is 0 Å². The summed E-state index contributed by atoms with van der Waals surface area (Å²) in [6.07, 6.45) is 2.56. The van der Waals surface area contributed by atoms with E-state index >= 15 is 0 Å². The largest absolute Gasteiger partial charge is 0.391 e. The fraction of sp³-hybridized carbons (Fsp3) is 0.750. The van der Waals surface area contributed by atoms with E-state index in [-0.39, 0.29) is 6.61 Å². The Bertz CT molecular complexity index is 364. The Hall–Kier alpha value is -0.610. The minimum Gasteiger partial charge on any atom is -0.391 e. The Balaban J connectivity index is 2.21. The Kier molecular flexibility index (Phi) is 3.50. The van der Waals surface area contributed by atoms with Gasteiger partial charge < -0.3 is 10.0 Å². The third kappa shape index (κ3) is 2.23. The lowest BCUT2D eigenvalue weighted by molar-refractivity contribution is 0.284. The van der Waals surface area contributed by atoms with Crippen LogP contribution in [0.1, 0.15) is 37.3 Å². The Morgan fingerprint density at radius 3 is 2.81 bits per heavy atom. The van der Waals surface area contributed by atoms with Gasteiger partial charge in [0.15, 0.2) is 5.13 Å². The molecule has 0 aromatic carbocycles. The number of rotatable bonds is 2. The van der Waals surface area contributed by atoms with Gasteiger partial charge in [0.1, 0.15) is 0 Å². The number of aliphatic hydroxyl groups excluding tert-OH is 1. The molecule has 0 saturated carbocycles. The molecular weight excluding hydrogens is 220 g/mol. The van der Waals surface area contributed by atoms with E-state index in [2.05, 4.69) is 23.7 Å². The number of nitrogens with zero attached hydrogens (tertiary/aromatic N) is 2. The summed E-state index contributed by atoms with van der Waals surface area (Å²) >= 11 is 1.64. The number of hydrogen-bond donors (Lipinski definition) is 1. The van der Waals surface area contributed by atoms with Gasteiger partial charge in [0.2, 0.25) is 0 Å². The maximum atomic E-state index is 9.20. The lowest BCUT2D eigenvalue weighted by Gasteiger charge is -2.36. The fourth-order valence-corrected chi connectivity index (χ4v) is 3.27. The highest BCUT2D eigenvalue weighted by atomic mass is 32.1. The van der Waals surface area contributed by atoms with Crippen LogP contribution in [0.5, 0.6) is 0 Å². The summed E-state index contributed by atoms with van der Waals surface area (Å²) < 4.78 is 0. The van der Waals surface area contributed by atoms with Crippen LogP contribution in [0.2, 0.25) is 0 Å². The zero-order chi connectivity index (χ0) is 11.7. The van der Waals surface area contributed by atoms with Gasteiger partial charge in [-0.15, -0.1) is 0 Å². The van der Waals surface area contributed by atoms with Crippen LogP contribution in [0.4, 0.5) is 5.13 Å². The SMILES string of the molecule is Cc1nc(N2CC(C)CCC2C)sc1CO. The van der Waals surface area contributed by atoms with Crippen LogP contribution >= 0.6 is 11.3 Å². The van der Waals surface area contributed by atoms with E-state index in [9.17, 15) is 5.11 Å². The number of anilines is 1. The molecule has 2 heterocycles. The maximum absolute atomic E-state index is 9.20. The number of aliphatic hydroxyl groups is 1. The van der Waals surface area contributed by atoms with Gasteiger partial charge in [-0.2, -0.15) is 0 Å². The first-order valence-electron chi connectivity index (χ1n) is 5.95. The van der Waals surface area contributed by atoms with E-state index in [1.54, 1.807) is 11.3 Å². The highest BCUT2D eigenvalue weighted by Gasteiger charge is 2.25. The molecule has 0 amide bonds. The molecule has 0 spiro atoms. The molecular formula is C12H20N2OS. The van der Waals surface area contributed by atoms with Crippen molar-refractivity contribution in [2.45, 2.75) is 46.3 Å². The molecule has 2 unspecified atom stereocenters. The predicted molar refractivity (Wildman–Crippen MR) is 68.0 cm³/mol. The second-order valence-electron chi connectivity index (χ2n) is 4.85. The highest BCUT2D eigenvalue weighted by Crippen LogP contribution is 2.32. The van der Waals surface area contributed by atoms with Crippen molar-refractivity contribution in [3.8, 4) is 0 Å². The summed E-state index contributed by atoms with van der Waals surface area (Å²) in [7, 11) is 0. The Morgan fingerprint density at radius 1 is 1.44 bits per heavy atom. The Labute approximate surface area is 101 Å². The van der Waals surface area contributed by atoms with Crippen molar-refractivity contribution in [2.75, 3.05) is 11.4 Å². The second-order valence-corrected chi connectivity index (χ2v) is 5.91. The lowest BCUT2D eigenvalue weighted by Crippen LogP contribution is -2.41. The minimum absolute atomic E-state index is 0.112. The normalized spacial score (nSPS) is 26.1. The molecule has 1 aromatic heterocycles. The average Bonchev–Trinajstić information content (AvgIpc) is 2.63. The standard InChI is InChI=1S/C12H20N2OS/c1-8-4-5-9(2)14(6-8)12-13-10(3)11(7-15)16-12/h8-9,15H,4-7H2,1-3H3. The first kappa shape index (κ1) is 11.9. The van der Waals surface area contributed by atoms with Gasteiger partial charge in [0.05, 0.1) is 17.2 Å². The molecule has 0 bridgehead atoms. The van der Waals surface area contributed by atoms with Gasteiger partial charge in [0, 0.05) is 12.6 Å². The number of aromatic nitrogens is 1. The van der Waals surface area contributed by atoms with Crippen LogP contribution in [0.15, 0.2) is 0 Å². The first-order valence-corrected chi connectivity index (χ1v) is 6.77. The smallest absolute Gasteiger partial charge is 0.186 e. The molecule has 0 aliphatic carbocycles. The van der Waals surface area contributed by atoms with E-state index in [4.69, 9.17) is 0 Å². The molecule has 2 atom stereocenters. The Morgan fingerprint density at radius 2 is 2.19 bits per heavy atom. The summed E-state index contributed by atoms with van der Waals surface area (Å²) in [6.45, 7) is 7.75. The van der Waals surface area contributed by atoms with E-state index < -0.39 is 0 Å². The van der Waals surface area contributed by atoms with Crippen molar-refractivity contribution in [3.05, 3.63) is 10.6 Å². The van der Waals surface area contributed by atoms with Gasteiger partial charge in [0.25, 0.3) is 0 Å². The topological polar surface area (TPSA) is 36.4 Å². The lowest BCUT2D eigenvalue weighted by atomic mass is 9.96. The van der Waals surface area contributed by atoms with Crippen LogP contribution in [0, 0.1) is 12.8 Å². The van der Waals surface area contributed by atoms with Crippen molar-refractivity contribution in [1.29, 1.82) is 0 Å². The number of thiazole rings is 1. The quantitative estimate of drug-likeness (QED) is 0.863. The third-order valence-electron chi connectivity index (χ3n) is 3.39. The zero-order valence-electron chi connectivity index (χ0n) is 10.2. The van der Waals surface area contributed by atoms with Crippen LogP contribution < -0.4 is 4.90 Å². The van der Waals surface area contributed by atoms with Gasteiger partial charge in [-0.25, -0.2) is 4.98 Å². The third-order valence-corrected chi connectivity index (χ3v) is 4.57. The molecule has 1 saturated heterocycles. The van der Waals surface area contributed by atoms with Crippen LogP contribution in [-0.2, 0) is 6.61 Å². The van der Waals surface area contributed by atoms with Crippen LogP contribution in [0.25, 0.3) is 0 Å². The van der Waals surface area contributed by atoms with Crippen molar-refractivity contribution in [3.63, 3.8) is 0 Å². The molecule has 0 radical (unpaired) electrons. The molecule has 90 valence electrons. The van der Waals surface area contributed by atoms with Gasteiger partial charge in [-0.3, -0.25) is 0 Å². The molecule has 1 aliphatic heterocycles. The second kappa shape index (κ2) is 4.72. The van der Waals surface area contributed by atoms with E-state index in [0.29, 0.717) is 6.04 Å². The molecule has 2 rings (SSSR count). The molecule has 1 aromatic rings. The number of hydrogen-bond acceptors (Lipinski definition) is 4. The maximum Gasteiger partial charge on any atom is 0.186 e. The molecule has 16 heavy (non-hydrogen) atoms. The summed E-state index contributed by atoms with van der Waals surface area (Å²) in [5.41, 5.74) is 0.980. The van der Waals surface area contributed by atoms with E-state index in [0.717, 1.165) is 28.2 Å². The molecule has 3 nitrogen and oxygen atoms in total. The van der Waals surface area contributed by atoms with Gasteiger partial charge in [-0.05, 0) is 32.6 Å². The van der Waals surface area contributed by atoms with Crippen LogP contribution in [-0.4, -0.2) is 22.7 Å². The summed E-state index contributed by atoms with van der Waals surface area (Å²) in [5.74, 6) is 0.748. The van der Waals surface area contributed by atoms with E-state index in [1.165, 1.54) is 12.8 Å². The van der Waals surface area contributed by atoms with Gasteiger partial charge in [-0.1, -0.05) is 18.3 Å². The van der Waals surface area contributed by atoms with Crippen molar-refractivity contribution in [1.82, 2.24) is 4.98 Å². The van der Waals surface area contributed by atoms with Crippen molar-refractivity contribution < 1.29 is 5.11 Å². The highest BCUT2D eigenvalue weighted by molar-refractivity contribution is 7.15. The summed E-state index contributed by atoms with van der Waals surface area (Å²) in [5, 5.41) is 10.3. The zero-order valence-corrected chi connectivity index (χ0v) is 11.0. The number of aryl methyl sites for hydroxylation is 1. The van der Waals surface area contributed by atoms with E-state index in [1.807, 2.05) is 6.92 Å². The first-order chi connectivity index (χ1) is 7.61. The number of piperidine rings is 1. The van der Waals surface area contributed by atoms with Crippen molar-refractivity contribution >= 4 is 16.5 Å².